The summed E-state index contributed by atoms with van der Waals surface area (Å²) in [6.07, 6.45) is 1.61. The first-order valence-electron chi connectivity index (χ1n) is 6.81. The number of nitrogens with zero attached hydrogens (tertiary/aromatic N) is 5. The number of aliphatic carboxylic acids is 1. The van der Waals surface area contributed by atoms with E-state index < -0.39 is 11.9 Å². The van der Waals surface area contributed by atoms with E-state index in [-0.39, 0.29) is 5.41 Å². The third-order valence-electron chi connectivity index (χ3n) is 3.43. The number of carbonyl (C=O) groups is 1. The molecular formula is C14H21N5O2. The van der Waals surface area contributed by atoms with Crippen molar-refractivity contribution in [1.29, 1.82) is 0 Å². The van der Waals surface area contributed by atoms with Crippen molar-refractivity contribution >= 4 is 5.97 Å². The van der Waals surface area contributed by atoms with Gasteiger partial charge in [0.05, 0.1) is 18.2 Å². The molecule has 2 heterocycles. The van der Waals surface area contributed by atoms with E-state index in [1.807, 2.05) is 33.8 Å². The molecule has 0 aliphatic carbocycles. The standard InChI is InChI=1S/C14H21N5O2/c1-9-6-11(12-15-8-18(5)17-12)19(16-9)7-10(13(20)21)14(2,3)4/h6,8,10H,7H2,1-5H3,(H,20,21). The Labute approximate surface area is 123 Å². The van der Waals surface area contributed by atoms with Gasteiger partial charge in [-0.15, -0.1) is 5.10 Å². The molecule has 0 fully saturated rings. The highest BCUT2D eigenvalue weighted by Crippen LogP contribution is 2.29. The second-order valence-electron chi connectivity index (χ2n) is 6.35. The van der Waals surface area contributed by atoms with Crippen LogP contribution in [0, 0.1) is 18.3 Å². The summed E-state index contributed by atoms with van der Waals surface area (Å²) in [7, 11) is 1.79. The quantitative estimate of drug-likeness (QED) is 0.927. The van der Waals surface area contributed by atoms with Crippen LogP contribution in [0.5, 0.6) is 0 Å². The molecule has 0 aromatic carbocycles. The highest BCUT2D eigenvalue weighted by molar-refractivity contribution is 5.71. The molecule has 0 saturated carbocycles. The molecule has 0 aliphatic rings. The van der Waals surface area contributed by atoms with E-state index in [9.17, 15) is 9.90 Å². The van der Waals surface area contributed by atoms with Crippen molar-refractivity contribution in [2.45, 2.75) is 34.2 Å². The summed E-state index contributed by atoms with van der Waals surface area (Å²) in [6, 6.07) is 1.87. The second kappa shape index (κ2) is 5.31. The predicted molar refractivity (Wildman–Crippen MR) is 77.5 cm³/mol. The Balaban J connectivity index is 2.38. The van der Waals surface area contributed by atoms with Crippen LogP contribution in [0.2, 0.25) is 0 Å². The molecule has 0 bridgehead atoms. The van der Waals surface area contributed by atoms with Gasteiger partial charge >= 0.3 is 5.97 Å². The fourth-order valence-corrected chi connectivity index (χ4v) is 2.22. The molecule has 1 unspecified atom stereocenters. The minimum absolute atomic E-state index is 0.292. The van der Waals surface area contributed by atoms with Crippen molar-refractivity contribution < 1.29 is 9.90 Å². The Bertz CT molecular complexity index is 651. The molecular weight excluding hydrogens is 270 g/mol. The third-order valence-corrected chi connectivity index (χ3v) is 3.43. The van der Waals surface area contributed by atoms with Gasteiger partial charge in [-0.1, -0.05) is 20.8 Å². The number of aryl methyl sites for hydroxylation is 2. The van der Waals surface area contributed by atoms with Crippen LogP contribution in [-0.2, 0) is 18.4 Å². The van der Waals surface area contributed by atoms with Crippen LogP contribution in [0.25, 0.3) is 11.5 Å². The lowest BCUT2D eigenvalue weighted by atomic mass is 9.81. The lowest BCUT2D eigenvalue weighted by molar-refractivity contribution is -0.146. The van der Waals surface area contributed by atoms with Crippen molar-refractivity contribution in [1.82, 2.24) is 24.5 Å². The zero-order valence-electron chi connectivity index (χ0n) is 13.0. The summed E-state index contributed by atoms with van der Waals surface area (Å²) in [6.45, 7) is 7.92. The van der Waals surface area contributed by atoms with E-state index in [1.54, 1.807) is 22.7 Å². The number of hydrogen-bond donors (Lipinski definition) is 1. The summed E-state index contributed by atoms with van der Waals surface area (Å²) in [4.78, 5) is 15.8. The second-order valence-corrected chi connectivity index (χ2v) is 6.35. The Kier molecular flexibility index (Phi) is 3.85. The first-order valence-corrected chi connectivity index (χ1v) is 6.81. The maximum Gasteiger partial charge on any atom is 0.308 e. The van der Waals surface area contributed by atoms with Gasteiger partial charge in [-0.3, -0.25) is 14.2 Å². The smallest absolute Gasteiger partial charge is 0.308 e. The number of carboxylic acid groups (broad SMARTS) is 1. The van der Waals surface area contributed by atoms with Crippen molar-refractivity contribution in [3.63, 3.8) is 0 Å². The van der Waals surface area contributed by atoms with Crippen molar-refractivity contribution in [3.8, 4) is 11.5 Å². The van der Waals surface area contributed by atoms with Gasteiger partial charge in [0.2, 0.25) is 0 Å². The zero-order valence-corrected chi connectivity index (χ0v) is 13.0. The first-order chi connectivity index (χ1) is 9.68. The van der Waals surface area contributed by atoms with Gasteiger partial charge in [0.1, 0.15) is 12.0 Å². The van der Waals surface area contributed by atoms with Crippen LogP contribution in [0.4, 0.5) is 0 Å². The molecule has 1 N–H and O–H groups in total. The highest BCUT2D eigenvalue weighted by atomic mass is 16.4. The molecule has 1 atom stereocenters. The van der Waals surface area contributed by atoms with Crippen LogP contribution in [0.1, 0.15) is 26.5 Å². The highest BCUT2D eigenvalue weighted by Gasteiger charge is 2.32. The molecule has 7 nitrogen and oxygen atoms in total. The van der Waals surface area contributed by atoms with Crippen LogP contribution in [-0.4, -0.2) is 35.6 Å². The maximum absolute atomic E-state index is 11.5. The lowest BCUT2D eigenvalue weighted by Crippen LogP contribution is -2.33. The molecule has 0 spiro atoms. The van der Waals surface area contributed by atoms with Gasteiger partial charge in [0, 0.05) is 7.05 Å². The lowest BCUT2D eigenvalue weighted by Gasteiger charge is -2.27. The molecule has 21 heavy (non-hydrogen) atoms. The van der Waals surface area contributed by atoms with Crippen molar-refractivity contribution in [2.75, 3.05) is 0 Å². The fourth-order valence-electron chi connectivity index (χ4n) is 2.22. The Hall–Kier alpha value is -2.18. The molecule has 114 valence electrons. The van der Waals surface area contributed by atoms with E-state index in [0.29, 0.717) is 12.4 Å². The predicted octanol–water partition coefficient (Wildman–Crippen LogP) is 1.73. The van der Waals surface area contributed by atoms with Gasteiger partial charge in [0.25, 0.3) is 0 Å². The third kappa shape index (κ3) is 3.29. The van der Waals surface area contributed by atoms with E-state index >= 15 is 0 Å². The van der Waals surface area contributed by atoms with Gasteiger partial charge in [-0.05, 0) is 18.4 Å². The largest absolute Gasteiger partial charge is 0.481 e. The van der Waals surface area contributed by atoms with E-state index in [4.69, 9.17) is 0 Å². The van der Waals surface area contributed by atoms with Crippen LogP contribution in [0.3, 0.4) is 0 Å². The molecule has 0 aliphatic heterocycles. The molecule has 0 amide bonds. The van der Waals surface area contributed by atoms with Gasteiger partial charge in [-0.2, -0.15) is 5.10 Å². The average molecular weight is 291 g/mol. The van der Waals surface area contributed by atoms with Crippen LogP contribution in [0.15, 0.2) is 12.4 Å². The van der Waals surface area contributed by atoms with Gasteiger partial charge in [-0.25, -0.2) is 4.98 Å². The Morgan fingerprint density at radius 3 is 2.52 bits per heavy atom. The monoisotopic (exact) mass is 291 g/mol. The fraction of sp³-hybridized carbons (Fsp3) is 0.571. The number of rotatable bonds is 4. The van der Waals surface area contributed by atoms with Crippen molar-refractivity contribution in [3.05, 3.63) is 18.1 Å². The molecule has 0 radical (unpaired) electrons. The molecule has 2 aromatic heterocycles. The van der Waals surface area contributed by atoms with E-state index in [0.717, 1.165) is 11.4 Å². The summed E-state index contributed by atoms with van der Waals surface area (Å²) in [5, 5.41) is 18.1. The molecule has 2 aromatic rings. The number of carboxylic acids is 1. The molecule has 2 rings (SSSR count). The Morgan fingerprint density at radius 1 is 1.38 bits per heavy atom. The van der Waals surface area contributed by atoms with Crippen LogP contribution >= 0.6 is 0 Å². The van der Waals surface area contributed by atoms with Gasteiger partial charge in [0.15, 0.2) is 5.82 Å². The van der Waals surface area contributed by atoms with E-state index in [2.05, 4.69) is 15.2 Å². The zero-order chi connectivity index (χ0) is 15.8. The normalized spacial score (nSPS) is 13.4. The summed E-state index contributed by atoms with van der Waals surface area (Å²) in [5.41, 5.74) is 1.19. The van der Waals surface area contributed by atoms with Crippen molar-refractivity contribution in [2.24, 2.45) is 18.4 Å². The minimum atomic E-state index is -0.824. The number of aromatic nitrogens is 5. The topological polar surface area (TPSA) is 85.8 Å². The van der Waals surface area contributed by atoms with Crippen LogP contribution < -0.4 is 0 Å². The Morgan fingerprint density at radius 2 is 2.05 bits per heavy atom. The number of hydrogen-bond acceptors (Lipinski definition) is 4. The summed E-state index contributed by atoms with van der Waals surface area (Å²) < 4.78 is 3.30. The summed E-state index contributed by atoms with van der Waals surface area (Å²) >= 11 is 0. The molecule has 0 saturated heterocycles. The minimum Gasteiger partial charge on any atom is -0.481 e. The summed E-state index contributed by atoms with van der Waals surface area (Å²) in [5.74, 6) is -0.814. The SMILES string of the molecule is Cc1cc(-c2ncn(C)n2)n(CC(C(=O)O)C(C)(C)C)n1. The maximum atomic E-state index is 11.5. The van der Waals surface area contributed by atoms with E-state index in [1.165, 1.54) is 0 Å². The molecule has 7 heteroatoms. The first kappa shape index (κ1) is 15.2. The average Bonchev–Trinajstić information content (AvgIpc) is 2.90. The van der Waals surface area contributed by atoms with Gasteiger partial charge < -0.3 is 5.11 Å².